The van der Waals surface area contributed by atoms with Crippen LogP contribution in [0.2, 0.25) is 0 Å². The molecule has 116 valence electrons. The molecule has 2 N–H and O–H groups in total. The molecule has 0 radical (unpaired) electrons. The van der Waals surface area contributed by atoms with Gasteiger partial charge in [-0.3, -0.25) is 0 Å². The molecule has 1 aliphatic rings. The predicted octanol–water partition coefficient (Wildman–Crippen LogP) is 2.96. The second-order valence-electron chi connectivity index (χ2n) is 5.53. The van der Waals surface area contributed by atoms with Crippen molar-refractivity contribution in [3.8, 4) is 0 Å². The minimum Gasteiger partial charge on any atom is -0.478 e. The highest BCUT2D eigenvalue weighted by atomic mass is 16.5. The van der Waals surface area contributed by atoms with Crippen molar-refractivity contribution < 1.29 is 14.6 Å². The van der Waals surface area contributed by atoms with E-state index in [1.54, 1.807) is 12.1 Å². The summed E-state index contributed by atoms with van der Waals surface area (Å²) in [4.78, 5) is 15.7. The fourth-order valence-electron chi connectivity index (χ4n) is 2.80. The minimum atomic E-state index is -0.909. The number of aryl methyl sites for hydroxylation is 1. The highest BCUT2D eigenvalue weighted by Gasteiger charge is 2.26. The Hall–Kier alpha value is -1.62. The normalized spacial score (nSPS) is 21.4. The second kappa shape index (κ2) is 7.41. The number of nitrogens with zero attached hydrogens (tertiary/aromatic N) is 1. The van der Waals surface area contributed by atoms with Gasteiger partial charge in [-0.1, -0.05) is 20.3 Å². The molecule has 0 amide bonds. The van der Waals surface area contributed by atoms with Gasteiger partial charge in [0, 0.05) is 24.8 Å². The highest BCUT2D eigenvalue weighted by Crippen LogP contribution is 2.24. The van der Waals surface area contributed by atoms with Gasteiger partial charge < -0.3 is 15.2 Å². The minimum absolute atomic E-state index is 0.297. The first kappa shape index (κ1) is 15.8. The molecule has 5 nitrogen and oxygen atoms in total. The molecule has 2 atom stereocenters. The Morgan fingerprint density at radius 1 is 1.48 bits per heavy atom. The topological polar surface area (TPSA) is 71.5 Å². The van der Waals surface area contributed by atoms with Crippen LogP contribution in [0.25, 0.3) is 0 Å². The van der Waals surface area contributed by atoms with Gasteiger partial charge in [0.05, 0.1) is 11.7 Å². The van der Waals surface area contributed by atoms with Gasteiger partial charge in [-0.15, -0.1) is 0 Å². The maximum atomic E-state index is 11.2. The molecule has 0 saturated carbocycles. The molecule has 1 aliphatic heterocycles. The van der Waals surface area contributed by atoms with Crippen molar-refractivity contribution in [2.75, 3.05) is 18.5 Å². The summed E-state index contributed by atoms with van der Waals surface area (Å²) in [6.45, 7) is 5.78. The van der Waals surface area contributed by atoms with Gasteiger partial charge in [-0.05, 0) is 31.4 Å². The summed E-state index contributed by atoms with van der Waals surface area (Å²) in [7, 11) is 0. The lowest BCUT2D eigenvalue weighted by Crippen LogP contribution is -2.23. The van der Waals surface area contributed by atoms with Crippen molar-refractivity contribution in [1.29, 1.82) is 0 Å². The third kappa shape index (κ3) is 4.17. The fourth-order valence-corrected chi connectivity index (χ4v) is 2.80. The van der Waals surface area contributed by atoms with Crippen molar-refractivity contribution in [2.24, 2.45) is 5.92 Å². The summed E-state index contributed by atoms with van der Waals surface area (Å²) in [6, 6.07) is 3.27. The van der Waals surface area contributed by atoms with Gasteiger partial charge >= 0.3 is 5.97 Å². The first-order chi connectivity index (χ1) is 10.1. The fraction of sp³-hybridized carbons (Fsp3) is 0.625. The molecule has 1 saturated heterocycles. The summed E-state index contributed by atoms with van der Waals surface area (Å²) in [6.07, 6.45) is 4.10. The van der Waals surface area contributed by atoms with Crippen molar-refractivity contribution in [2.45, 2.75) is 45.6 Å². The number of pyridine rings is 1. The van der Waals surface area contributed by atoms with Crippen LogP contribution in [0.5, 0.6) is 0 Å². The van der Waals surface area contributed by atoms with Crippen LogP contribution in [0, 0.1) is 5.92 Å². The quantitative estimate of drug-likeness (QED) is 0.808. The first-order valence-electron chi connectivity index (χ1n) is 7.73. The number of nitrogens with one attached hydrogen (secondary N) is 1. The van der Waals surface area contributed by atoms with Crippen LogP contribution >= 0.6 is 0 Å². The molecule has 21 heavy (non-hydrogen) atoms. The Morgan fingerprint density at radius 3 is 2.95 bits per heavy atom. The van der Waals surface area contributed by atoms with Gasteiger partial charge in [0.25, 0.3) is 0 Å². The zero-order valence-corrected chi connectivity index (χ0v) is 12.8. The molecule has 0 aliphatic carbocycles. The van der Waals surface area contributed by atoms with Crippen molar-refractivity contribution in [3.63, 3.8) is 0 Å². The van der Waals surface area contributed by atoms with Gasteiger partial charge in [-0.25, -0.2) is 9.78 Å². The molecular weight excluding hydrogens is 268 g/mol. The summed E-state index contributed by atoms with van der Waals surface area (Å²) >= 11 is 0. The first-order valence-corrected chi connectivity index (χ1v) is 7.73. The van der Waals surface area contributed by atoms with Crippen LogP contribution in [-0.2, 0) is 11.2 Å². The van der Waals surface area contributed by atoms with E-state index in [1.165, 1.54) is 0 Å². The molecule has 2 rings (SSSR count). The van der Waals surface area contributed by atoms with E-state index in [-0.39, 0.29) is 0 Å². The zero-order chi connectivity index (χ0) is 15.2. The van der Waals surface area contributed by atoms with Crippen LogP contribution in [0.4, 0.5) is 5.82 Å². The zero-order valence-electron chi connectivity index (χ0n) is 12.8. The van der Waals surface area contributed by atoms with Crippen molar-refractivity contribution in [1.82, 2.24) is 4.98 Å². The smallest absolute Gasteiger partial charge is 0.335 e. The Labute approximate surface area is 125 Å². The Morgan fingerprint density at radius 2 is 2.29 bits per heavy atom. The maximum absolute atomic E-state index is 11.2. The average Bonchev–Trinajstić information content (AvgIpc) is 2.92. The van der Waals surface area contributed by atoms with E-state index in [1.807, 2.05) is 0 Å². The highest BCUT2D eigenvalue weighted by molar-refractivity contribution is 5.88. The summed E-state index contributed by atoms with van der Waals surface area (Å²) in [5.41, 5.74) is 1.13. The summed E-state index contributed by atoms with van der Waals surface area (Å²) in [5.74, 6) is 0.216. The molecule has 1 fully saturated rings. The Balaban J connectivity index is 2.06. The largest absolute Gasteiger partial charge is 0.478 e. The van der Waals surface area contributed by atoms with Crippen LogP contribution in [0.1, 0.15) is 49.2 Å². The number of carboxylic acids is 1. The standard InChI is InChI=1S/C16H24N2O3/c1-3-5-13-8-12(16(19)20)9-15(18-13)17-10-11-6-7-21-14(11)4-2/h8-9,11,14H,3-7,10H2,1-2H3,(H,17,18)(H,19,20). The predicted molar refractivity (Wildman–Crippen MR) is 81.8 cm³/mol. The number of aromatic carboxylic acids is 1. The van der Waals surface area contributed by atoms with Gasteiger partial charge in [-0.2, -0.15) is 0 Å². The van der Waals surface area contributed by atoms with E-state index in [0.717, 1.165) is 44.5 Å². The third-order valence-electron chi connectivity index (χ3n) is 3.93. The van der Waals surface area contributed by atoms with E-state index in [9.17, 15) is 9.90 Å². The van der Waals surface area contributed by atoms with Gasteiger partial charge in [0.2, 0.25) is 0 Å². The molecule has 0 bridgehead atoms. The molecule has 0 spiro atoms. The summed E-state index contributed by atoms with van der Waals surface area (Å²) in [5, 5.41) is 12.5. The number of carboxylic acid groups (broad SMARTS) is 1. The molecular formula is C16H24N2O3. The lowest BCUT2D eigenvalue weighted by Gasteiger charge is -2.18. The average molecular weight is 292 g/mol. The molecule has 1 aromatic rings. The molecule has 1 aromatic heterocycles. The molecule has 2 heterocycles. The van der Waals surface area contributed by atoms with E-state index in [4.69, 9.17) is 4.74 Å². The van der Waals surface area contributed by atoms with Crippen LogP contribution < -0.4 is 5.32 Å². The number of hydrogen-bond acceptors (Lipinski definition) is 4. The van der Waals surface area contributed by atoms with Gasteiger partial charge in [0.15, 0.2) is 0 Å². The SMILES string of the molecule is CCCc1cc(C(=O)O)cc(NCC2CCOC2CC)n1. The number of anilines is 1. The number of hydrogen-bond donors (Lipinski definition) is 2. The van der Waals surface area contributed by atoms with Crippen LogP contribution in [0.15, 0.2) is 12.1 Å². The number of rotatable bonds is 7. The van der Waals surface area contributed by atoms with E-state index in [0.29, 0.717) is 23.4 Å². The lowest BCUT2D eigenvalue weighted by atomic mass is 10.00. The van der Waals surface area contributed by atoms with Crippen molar-refractivity contribution >= 4 is 11.8 Å². The maximum Gasteiger partial charge on any atom is 0.335 e. The van der Waals surface area contributed by atoms with Gasteiger partial charge in [0.1, 0.15) is 5.82 Å². The Bertz CT molecular complexity index is 490. The van der Waals surface area contributed by atoms with Crippen LogP contribution in [0.3, 0.4) is 0 Å². The molecule has 2 unspecified atom stereocenters. The molecule has 5 heteroatoms. The number of ether oxygens (including phenoxy) is 1. The summed E-state index contributed by atoms with van der Waals surface area (Å²) < 4.78 is 5.67. The second-order valence-corrected chi connectivity index (χ2v) is 5.53. The van der Waals surface area contributed by atoms with E-state index < -0.39 is 5.97 Å². The van der Waals surface area contributed by atoms with E-state index >= 15 is 0 Å². The third-order valence-corrected chi connectivity index (χ3v) is 3.93. The van der Waals surface area contributed by atoms with E-state index in [2.05, 4.69) is 24.1 Å². The molecule has 0 aromatic carbocycles. The lowest BCUT2D eigenvalue weighted by molar-refractivity contribution is 0.0696. The Kier molecular flexibility index (Phi) is 5.56. The number of carbonyl (C=O) groups is 1. The number of aromatic nitrogens is 1. The van der Waals surface area contributed by atoms with Crippen LogP contribution in [-0.4, -0.2) is 35.3 Å². The van der Waals surface area contributed by atoms with Crippen molar-refractivity contribution in [3.05, 3.63) is 23.4 Å². The monoisotopic (exact) mass is 292 g/mol.